The maximum Gasteiger partial charge on any atom is 0.227 e. The van der Waals surface area contributed by atoms with Gasteiger partial charge in [-0.25, -0.2) is 0 Å². The van der Waals surface area contributed by atoms with Crippen molar-refractivity contribution in [1.82, 2.24) is 10.1 Å². The summed E-state index contributed by atoms with van der Waals surface area (Å²) in [7, 11) is 0. The average molecular weight is 238 g/mol. The predicted molar refractivity (Wildman–Crippen MR) is 61.7 cm³/mol. The van der Waals surface area contributed by atoms with Gasteiger partial charge in [-0.3, -0.25) is 4.79 Å². The number of ether oxygens (including phenoxy) is 1. The van der Waals surface area contributed by atoms with Crippen molar-refractivity contribution < 1.29 is 14.1 Å². The van der Waals surface area contributed by atoms with Crippen LogP contribution in [0.25, 0.3) is 0 Å². The maximum atomic E-state index is 12.2. The fourth-order valence-corrected chi connectivity index (χ4v) is 2.10. The molecule has 1 aromatic rings. The van der Waals surface area contributed by atoms with Crippen LogP contribution in [0.2, 0.25) is 0 Å². The Morgan fingerprint density at radius 2 is 2.29 bits per heavy atom. The number of hydrogen-bond acceptors (Lipinski definition) is 4. The van der Waals surface area contributed by atoms with E-state index in [-0.39, 0.29) is 11.9 Å². The van der Waals surface area contributed by atoms with Crippen molar-refractivity contribution >= 4 is 5.91 Å². The largest absolute Gasteiger partial charge is 0.377 e. The molecule has 1 atom stereocenters. The van der Waals surface area contributed by atoms with E-state index in [0.29, 0.717) is 26.2 Å². The van der Waals surface area contributed by atoms with Gasteiger partial charge in [0, 0.05) is 12.1 Å². The first kappa shape index (κ1) is 12.1. The highest BCUT2D eigenvalue weighted by Gasteiger charge is 2.25. The molecule has 1 aliphatic heterocycles. The van der Waals surface area contributed by atoms with E-state index in [4.69, 9.17) is 9.26 Å². The Labute approximate surface area is 101 Å². The standard InChI is InChI=1S/C12H18N2O3/c1-8-7-16-5-4-14(8)12(15)6-11-9(2)13-17-10(11)3/h8H,4-7H2,1-3H3. The third kappa shape index (κ3) is 2.49. The lowest BCUT2D eigenvalue weighted by atomic mass is 10.1. The van der Waals surface area contributed by atoms with Crippen molar-refractivity contribution in [2.75, 3.05) is 19.8 Å². The summed E-state index contributed by atoms with van der Waals surface area (Å²) in [5.41, 5.74) is 1.71. The van der Waals surface area contributed by atoms with Gasteiger partial charge in [0.05, 0.1) is 31.4 Å². The molecule has 17 heavy (non-hydrogen) atoms. The summed E-state index contributed by atoms with van der Waals surface area (Å²) in [5, 5.41) is 3.86. The number of morpholine rings is 1. The number of aryl methyl sites for hydroxylation is 2. The summed E-state index contributed by atoms with van der Waals surface area (Å²) in [6.45, 7) is 7.62. The molecule has 0 spiro atoms. The molecular weight excluding hydrogens is 220 g/mol. The quantitative estimate of drug-likeness (QED) is 0.773. The van der Waals surface area contributed by atoms with Crippen molar-refractivity contribution in [2.45, 2.75) is 33.2 Å². The van der Waals surface area contributed by atoms with Gasteiger partial charge in [-0.15, -0.1) is 0 Å². The Kier molecular flexibility index (Phi) is 3.47. The average Bonchev–Trinajstić information content (AvgIpc) is 2.61. The molecule has 5 nitrogen and oxygen atoms in total. The zero-order valence-corrected chi connectivity index (χ0v) is 10.5. The number of rotatable bonds is 2. The lowest BCUT2D eigenvalue weighted by Crippen LogP contribution is -2.47. The van der Waals surface area contributed by atoms with Crippen LogP contribution in [0.1, 0.15) is 23.9 Å². The molecule has 94 valence electrons. The highest BCUT2D eigenvalue weighted by atomic mass is 16.5. The van der Waals surface area contributed by atoms with Gasteiger partial charge in [0.2, 0.25) is 5.91 Å². The minimum atomic E-state index is 0.121. The van der Waals surface area contributed by atoms with Crippen LogP contribution in [-0.2, 0) is 16.0 Å². The number of nitrogens with zero attached hydrogens (tertiary/aromatic N) is 2. The van der Waals surface area contributed by atoms with Gasteiger partial charge in [-0.1, -0.05) is 5.16 Å². The summed E-state index contributed by atoms with van der Waals surface area (Å²) >= 11 is 0. The van der Waals surface area contributed by atoms with E-state index in [2.05, 4.69) is 5.16 Å². The van der Waals surface area contributed by atoms with Crippen LogP contribution in [0, 0.1) is 13.8 Å². The van der Waals surface area contributed by atoms with Crippen molar-refractivity contribution in [3.8, 4) is 0 Å². The molecule has 1 amide bonds. The van der Waals surface area contributed by atoms with Crippen LogP contribution in [-0.4, -0.2) is 41.8 Å². The molecule has 2 heterocycles. The van der Waals surface area contributed by atoms with Gasteiger partial charge in [-0.2, -0.15) is 0 Å². The molecule has 1 fully saturated rings. The second-order valence-corrected chi connectivity index (χ2v) is 4.49. The number of amides is 1. The van der Waals surface area contributed by atoms with E-state index in [1.165, 1.54) is 0 Å². The summed E-state index contributed by atoms with van der Waals surface area (Å²) in [6, 6.07) is 0.150. The molecule has 5 heteroatoms. The van der Waals surface area contributed by atoms with E-state index < -0.39 is 0 Å². The molecule has 0 saturated carbocycles. The molecule has 0 aliphatic carbocycles. The zero-order chi connectivity index (χ0) is 12.4. The Bertz CT molecular complexity index is 394. The van der Waals surface area contributed by atoms with E-state index in [1.807, 2.05) is 25.7 Å². The summed E-state index contributed by atoms with van der Waals surface area (Å²) < 4.78 is 10.4. The van der Waals surface area contributed by atoms with E-state index in [1.54, 1.807) is 0 Å². The van der Waals surface area contributed by atoms with E-state index >= 15 is 0 Å². The SMILES string of the molecule is Cc1noc(C)c1CC(=O)N1CCOCC1C. The maximum absolute atomic E-state index is 12.2. The Balaban J connectivity index is 2.06. The van der Waals surface area contributed by atoms with Gasteiger partial charge >= 0.3 is 0 Å². The van der Waals surface area contributed by atoms with Crippen LogP contribution in [0.3, 0.4) is 0 Å². The first-order valence-electron chi connectivity index (χ1n) is 5.88. The van der Waals surface area contributed by atoms with Crippen LogP contribution in [0.15, 0.2) is 4.52 Å². The molecule has 1 unspecified atom stereocenters. The van der Waals surface area contributed by atoms with Gasteiger partial charge < -0.3 is 14.2 Å². The third-order valence-electron chi connectivity index (χ3n) is 3.20. The summed E-state index contributed by atoms with van der Waals surface area (Å²) in [4.78, 5) is 14.1. The fraction of sp³-hybridized carbons (Fsp3) is 0.667. The minimum Gasteiger partial charge on any atom is -0.377 e. The molecule has 1 aliphatic rings. The van der Waals surface area contributed by atoms with Gasteiger partial charge in [-0.05, 0) is 20.8 Å². The Morgan fingerprint density at radius 1 is 1.53 bits per heavy atom. The molecular formula is C12H18N2O3. The Hall–Kier alpha value is -1.36. The zero-order valence-electron chi connectivity index (χ0n) is 10.5. The van der Waals surface area contributed by atoms with E-state index in [9.17, 15) is 4.79 Å². The van der Waals surface area contributed by atoms with Crippen LogP contribution >= 0.6 is 0 Å². The van der Waals surface area contributed by atoms with Crippen molar-refractivity contribution in [1.29, 1.82) is 0 Å². The molecule has 0 bridgehead atoms. The third-order valence-corrected chi connectivity index (χ3v) is 3.20. The first-order chi connectivity index (χ1) is 8.09. The smallest absolute Gasteiger partial charge is 0.227 e. The fourth-order valence-electron chi connectivity index (χ4n) is 2.10. The van der Waals surface area contributed by atoms with Crippen molar-refractivity contribution in [3.05, 3.63) is 17.0 Å². The molecule has 1 aromatic heterocycles. The first-order valence-corrected chi connectivity index (χ1v) is 5.88. The highest BCUT2D eigenvalue weighted by Crippen LogP contribution is 2.16. The van der Waals surface area contributed by atoms with Crippen molar-refractivity contribution in [3.63, 3.8) is 0 Å². The predicted octanol–water partition coefficient (Wildman–Crippen LogP) is 1.08. The normalized spacial score (nSPS) is 20.6. The van der Waals surface area contributed by atoms with Gasteiger partial charge in [0.25, 0.3) is 0 Å². The van der Waals surface area contributed by atoms with Gasteiger partial charge in [0.1, 0.15) is 5.76 Å². The number of aromatic nitrogens is 1. The van der Waals surface area contributed by atoms with Crippen molar-refractivity contribution in [2.24, 2.45) is 0 Å². The molecule has 1 saturated heterocycles. The number of carbonyl (C=O) groups excluding carboxylic acids is 1. The minimum absolute atomic E-state index is 0.121. The molecule has 2 rings (SSSR count). The highest BCUT2D eigenvalue weighted by molar-refractivity contribution is 5.79. The second-order valence-electron chi connectivity index (χ2n) is 4.49. The monoisotopic (exact) mass is 238 g/mol. The van der Waals surface area contributed by atoms with E-state index in [0.717, 1.165) is 17.0 Å². The number of carbonyl (C=O) groups is 1. The van der Waals surface area contributed by atoms with Crippen LogP contribution in [0.5, 0.6) is 0 Å². The van der Waals surface area contributed by atoms with Gasteiger partial charge in [0.15, 0.2) is 0 Å². The molecule has 0 radical (unpaired) electrons. The van der Waals surface area contributed by atoms with Crippen LogP contribution in [0.4, 0.5) is 0 Å². The Morgan fingerprint density at radius 3 is 2.88 bits per heavy atom. The summed E-state index contributed by atoms with van der Waals surface area (Å²) in [5.74, 6) is 0.854. The lowest BCUT2D eigenvalue weighted by Gasteiger charge is -2.33. The molecule has 0 N–H and O–H groups in total. The number of hydrogen-bond donors (Lipinski definition) is 0. The molecule has 0 aromatic carbocycles. The van der Waals surface area contributed by atoms with Crippen LogP contribution < -0.4 is 0 Å². The lowest BCUT2D eigenvalue weighted by molar-refractivity contribution is -0.138. The second kappa shape index (κ2) is 4.87. The topological polar surface area (TPSA) is 55.6 Å². The summed E-state index contributed by atoms with van der Waals surface area (Å²) in [6.07, 6.45) is 0.367.